The van der Waals surface area contributed by atoms with Crippen molar-refractivity contribution in [2.75, 3.05) is 18.0 Å². The average molecular weight is 391 g/mol. The summed E-state index contributed by atoms with van der Waals surface area (Å²) in [5.74, 6) is 3.44. The van der Waals surface area contributed by atoms with Gasteiger partial charge in [0.25, 0.3) is 0 Å². The minimum atomic E-state index is 0.364. The zero-order valence-corrected chi connectivity index (χ0v) is 16.7. The Morgan fingerprint density at radius 2 is 2.07 bits per heavy atom. The second-order valence-electron chi connectivity index (χ2n) is 7.90. The third kappa shape index (κ3) is 2.45. The molecule has 1 fully saturated rings. The Labute approximate surface area is 167 Å². The molecule has 1 atom stereocenters. The van der Waals surface area contributed by atoms with Crippen LogP contribution in [0.25, 0.3) is 15.9 Å². The Morgan fingerprint density at radius 1 is 1.11 bits per heavy atom. The third-order valence-electron chi connectivity index (χ3n) is 6.08. The monoisotopic (exact) mass is 390 g/mol. The minimum absolute atomic E-state index is 0.364. The highest BCUT2D eigenvalue weighted by Gasteiger charge is 2.29. The molecule has 0 N–H and O–H groups in total. The normalized spacial score (nSPS) is 19.6. The van der Waals surface area contributed by atoms with Crippen molar-refractivity contribution < 1.29 is 0 Å². The van der Waals surface area contributed by atoms with Crippen molar-refractivity contribution in [2.45, 2.75) is 44.9 Å². The number of thiophene rings is 1. The lowest BCUT2D eigenvalue weighted by Crippen LogP contribution is -2.36. The van der Waals surface area contributed by atoms with Gasteiger partial charge in [0.05, 0.1) is 5.39 Å². The number of hydrogen-bond donors (Lipinski definition) is 0. The molecule has 5 heterocycles. The Bertz CT molecular complexity index is 1190. The second kappa shape index (κ2) is 6.24. The fraction of sp³-hybridized carbons (Fsp3) is 0.429. The molecule has 1 saturated heterocycles. The van der Waals surface area contributed by atoms with Crippen molar-refractivity contribution in [3.05, 3.63) is 46.5 Å². The number of aromatic nitrogens is 5. The van der Waals surface area contributed by atoms with Crippen molar-refractivity contribution in [1.82, 2.24) is 24.6 Å². The Balaban J connectivity index is 1.42. The maximum atomic E-state index is 4.93. The van der Waals surface area contributed by atoms with Crippen molar-refractivity contribution >= 4 is 33.0 Å². The van der Waals surface area contributed by atoms with Crippen LogP contribution in [-0.4, -0.2) is 37.7 Å². The van der Waals surface area contributed by atoms with E-state index >= 15 is 0 Å². The fourth-order valence-electron chi connectivity index (χ4n) is 4.83. The van der Waals surface area contributed by atoms with E-state index in [1.165, 1.54) is 39.9 Å². The summed E-state index contributed by atoms with van der Waals surface area (Å²) < 4.78 is 2.14. The number of nitrogens with zero attached hydrogens (tertiary/aromatic N) is 6. The van der Waals surface area contributed by atoms with Crippen LogP contribution in [0.2, 0.25) is 0 Å². The van der Waals surface area contributed by atoms with Gasteiger partial charge in [-0.05, 0) is 56.7 Å². The minimum Gasteiger partial charge on any atom is -0.355 e. The molecule has 0 spiro atoms. The number of fused-ring (bicyclic) bond motifs is 4. The van der Waals surface area contributed by atoms with Gasteiger partial charge in [-0.3, -0.25) is 4.40 Å². The van der Waals surface area contributed by atoms with Gasteiger partial charge in [0.1, 0.15) is 22.3 Å². The third-order valence-corrected chi connectivity index (χ3v) is 7.27. The molecule has 1 unspecified atom stereocenters. The number of hydrogen-bond acceptors (Lipinski definition) is 6. The van der Waals surface area contributed by atoms with Gasteiger partial charge in [-0.25, -0.2) is 9.97 Å². The molecule has 6 rings (SSSR count). The first kappa shape index (κ1) is 16.4. The van der Waals surface area contributed by atoms with Crippen LogP contribution in [0, 0.1) is 6.92 Å². The van der Waals surface area contributed by atoms with Gasteiger partial charge < -0.3 is 4.90 Å². The van der Waals surface area contributed by atoms with Crippen LogP contribution < -0.4 is 4.90 Å². The highest BCUT2D eigenvalue weighted by Crippen LogP contribution is 2.41. The molecule has 4 aromatic rings. The van der Waals surface area contributed by atoms with E-state index in [0.717, 1.165) is 49.0 Å². The molecule has 6 nitrogen and oxygen atoms in total. The number of aryl methyl sites for hydroxylation is 3. The van der Waals surface area contributed by atoms with Crippen molar-refractivity contribution in [1.29, 1.82) is 0 Å². The number of piperidine rings is 1. The largest absolute Gasteiger partial charge is 0.355 e. The maximum absolute atomic E-state index is 4.93. The van der Waals surface area contributed by atoms with E-state index in [1.54, 1.807) is 0 Å². The van der Waals surface area contributed by atoms with E-state index in [9.17, 15) is 0 Å². The quantitative estimate of drug-likeness (QED) is 0.519. The summed E-state index contributed by atoms with van der Waals surface area (Å²) in [4.78, 5) is 14.9. The predicted molar refractivity (Wildman–Crippen MR) is 111 cm³/mol. The van der Waals surface area contributed by atoms with Crippen LogP contribution in [0.3, 0.4) is 0 Å². The molecule has 0 radical (unpaired) electrons. The van der Waals surface area contributed by atoms with Crippen LogP contribution in [-0.2, 0) is 12.8 Å². The summed E-state index contributed by atoms with van der Waals surface area (Å²) >= 11 is 1.87. The molecule has 4 aromatic heterocycles. The standard InChI is InChI=1S/C21H22N6S/c1-13-22-20(18-15-7-4-8-16(15)28-21(18)23-13)26-10-5-6-14(12-26)19-25-24-17-9-2-3-11-27(17)19/h2-3,9,11,14H,4-8,10,12H2,1H3. The van der Waals surface area contributed by atoms with Crippen LogP contribution in [0.4, 0.5) is 5.82 Å². The first-order valence-electron chi connectivity index (χ1n) is 10.1. The zero-order valence-electron chi connectivity index (χ0n) is 15.9. The smallest absolute Gasteiger partial charge is 0.160 e. The maximum Gasteiger partial charge on any atom is 0.160 e. The molecule has 7 heteroatoms. The van der Waals surface area contributed by atoms with Crippen molar-refractivity contribution in [3.63, 3.8) is 0 Å². The SMILES string of the molecule is Cc1nc(N2CCCC(c3nnc4ccccn34)C2)c2c3c(sc2n1)CCC3. The molecule has 1 aliphatic carbocycles. The molecule has 0 bridgehead atoms. The molecule has 0 amide bonds. The second-order valence-corrected chi connectivity index (χ2v) is 8.99. The predicted octanol–water partition coefficient (Wildman–Crippen LogP) is 3.92. The van der Waals surface area contributed by atoms with E-state index in [4.69, 9.17) is 9.97 Å². The highest BCUT2D eigenvalue weighted by atomic mass is 32.1. The van der Waals surface area contributed by atoms with Crippen molar-refractivity contribution in [2.24, 2.45) is 0 Å². The van der Waals surface area contributed by atoms with Gasteiger partial charge in [0.15, 0.2) is 5.65 Å². The molecular formula is C21H22N6S. The molecule has 2 aliphatic rings. The van der Waals surface area contributed by atoms with Crippen LogP contribution in [0.5, 0.6) is 0 Å². The summed E-state index contributed by atoms with van der Waals surface area (Å²) in [5.41, 5.74) is 2.43. The Hall–Kier alpha value is -2.54. The molecule has 0 aromatic carbocycles. The van der Waals surface area contributed by atoms with Gasteiger partial charge in [0, 0.05) is 30.1 Å². The van der Waals surface area contributed by atoms with E-state index in [0.29, 0.717) is 5.92 Å². The number of pyridine rings is 1. The summed E-state index contributed by atoms with van der Waals surface area (Å²) in [7, 11) is 0. The van der Waals surface area contributed by atoms with Gasteiger partial charge in [-0.2, -0.15) is 0 Å². The van der Waals surface area contributed by atoms with E-state index < -0.39 is 0 Å². The molecule has 142 valence electrons. The summed E-state index contributed by atoms with van der Waals surface area (Å²) in [6.07, 6.45) is 7.98. The molecule has 0 saturated carbocycles. The van der Waals surface area contributed by atoms with Gasteiger partial charge >= 0.3 is 0 Å². The van der Waals surface area contributed by atoms with Crippen LogP contribution >= 0.6 is 11.3 Å². The zero-order chi connectivity index (χ0) is 18.7. The van der Waals surface area contributed by atoms with E-state index in [-0.39, 0.29) is 0 Å². The topological polar surface area (TPSA) is 59.2 Å². The first-order valence-corrected chi connectivity index (χ1v) is 10.9. The van der Waals surface area contributed by atoms with Gasteiger partial charge in [0.2, 0.25) is 0 Å². The van der Waals surface area contributed by atoms with Crippen molar-refractivity contribution in [3.8, 4) is 0 Å². The van der Waals surface area contributed by atoms with E-state index in [1.807, 2.05) is 36.5 Å². The van der Waals surface area contributed by atoms with Gasteiger partial charge in [-0.1, -0.05) is 6.07 Å². The molecule has 28 heavy (non-hydrogen) atoms. The molecule has 1 aliphatic heterocycles. The lowest BCUT2D eigenvalue weighted by molar-refractivity contribution is 0.486. The molecular weight excluding hydrogens is 368 g/mol. The Kier molecular flexibility index (Phi) is 3.66. The van der Waals surface area contributed by atoms with E-state index in [2.05, 4.69) is 25.7 Å². The van der Waals surface area contributed by atoms with Gasteiger partial charge in [-0.15, -0.1) is 21.5 Å². The average Bonchev–Trinajstić information content (AvgIpc) is 3.41. The summed E-state index contributed by atoms with van der Waals surface area (Å²) in [5, 5.41) is 10.2. The summed E-state index contributed by atoms with van der Waals surface area (Å²) in [6, 6.07) is 6.08. The van der Waals surface area contributed by atoms with Crippen LogP contribution in [0.1, 0.15) is 47.3 Å². The fourth-order valence-corrected chi connectivity index (χ4v) is 6.13. The lowest BCUT2D eigenvalue weighted by atomic mass is 9.96. The lowest BCUT2D eigenvalue weighted by Gasteiger charge is -2.33. The summed E-state index contributed by atoms with van der Waals surface area (Å²) in [6.45, 7) is 4.00. The number of rotatable bonds is 2. The highest BCUT2D eigenvalue weighted by molar-refractivity contribution is 7.19. The number of anilines is 1. The Morgan fingerprint density at radius 3 is 3.04 bits per heavy atom. The first-order chi connectivity index (χ1) is 13.8. The van der Waals surface area contributed by atoms with Crippen LogP contribution in [0.15, 0.2) is 24.4 Å².